The average molecular weight is 524 g/mol. The summed E-state index contributed by atoms with van der Waals surface area (Å²) >= 11 is 0. The minimum Gasteiger partial charge on any atom is -0.372 e. The van der Waals surface area contributed by atoms with Crippen molar-refractivity contribution in [1.82, 2.24) is 0 Å². The van der Waals surface area contributed by atoms with E-state index in [2.05, 4.69) is 145 Å². The van der Waals surface area contributed by atoms with Crippen molar-refractivity contribution in [2.75, 3.05) is 18.0 Å². The Balaban J connectivity index is 1.59. The monoisotopic (exact) mass is 523 g/mol. The zero-order valence-corrected chi connectivity index (χ0v) is 24.0. The van der Waals surface area contributed by atoms with Gasteiger partial charge in [-0.1, -0.05) is 139 Å². The largest absolute Gasteiger partial charge is 0.372 e. The lowest BCUT2D eigenvalue weighted by atomic mass is 10.2. The number of anilines is 1. The Kier molecular flexibility index (Phi) is 5.72. The highest BCUT2D eigenvalue weighted by molar-refractivity contribution is 7.15. The number of aryl methyl sites for hydroxylation is 1. The summed E-state index contributed by atoms with van der Waals surface area (Å²) < 4.78 is 0. The Labute approximate surface area is 228 Å². The van der Waals surface area contributed by atoms with Gasteiger partial charge in [-0.3, -0.25) is 0 Å². The van der Waals surface area contributed by atoms with E-state index in [1.807, 2.05) is 0 Å². The van der Waals surface area contributed by atoms with Gasteiger partial charge in [0, 0.05) is 18.8 Å². The molecule has 7 rings (SSSR count). The van der Waals surface area contributed by atoms with Crippen LogP contribution in [0.1, 0.15) is 5.56 Å². The van der Waals surface area contributed by atoms with Crippen molar-refractivity contribution in [3.8, 4) is 0 Å². The Hall–Kier alpha value is -3.67. The van der Waals surface area contributed by atoms with Crippen LogP contribution in [0.2, 0.25) is 12.1 Å². The van der Waals surface area contributed by atoms with Gasteiger partial charge < -0.3 is 4.90 Å². The van der Waals surface area contributed by atoms with Crippen molar-refractivity contribution in [2.24, 2.45) is 0 Å². The molecule has 0 fully saturated rings. The lowest BCUT2D eigenvalue weighted by Crippen LogP contribution is -2.77. The average Bonchev–Trinajstić information content (AvgIpc) is 2.99. The van der Waals surface area contributed by atoms with Crippen LogP contribution >= 0.6 is 0 Å². The molecule has 0 amide bonds. The molecule has 0 saturated heterocycles. The lowest BCUT2D eigenvalue weighted by molar-refractivity contribution is 0.839. The van der Waals surface area contributed by atoms with Gasteiger partial charge >= 0.3 is 0 Å². The number of nitrogens with zero attached hydrogens (tertiary/aromatic N) is 1. The molecule has 2 aliphatic rings. The summed E-state index contributed by atoms with van der Waals surface area (Å²) in [6, 6.07) is 53.5. The highest BCUT2D eigenvalue weighted by atomic mass is 28.3. The molecule has 0 spiro atoms. The topological polar surface area (TPSA) is 3.24 Å². The van der Waals surface area contributed by atoms with Crippen LogP contribution in [0.3, 0.4) is 0 Å². The zero-order chi connectivity index (χ0) is 25.6. The van der Waals surface area contributed by atoms with Crippen LogP contribution in [-0.4, -0.2) is 29.2 Å². The molecule has 5 aromatic rings. The molecule has 0 bridgehead atoms. The van der Waals surface area contributed by atoms with Crippen LogP contribution in [-0.2, 0) is 0 Å². The fourth-order valence-electron chi connectivity index (χ4n) is 7.40. The number of hydrogen-bond donors (Lipinski definition) is 0. The molecule has 0 aromatic heterocycles. The molecule has 2 heterocycles. The van der Waals surface area contributed by atoms with Crippen LogP contribution < -0.4 is 36.0 Å². The van der Waals surface area contributed by atoms with Crippen molar-refractivity contribution in [2.45, 2.75) is 19.0 Å². The highest BCUT2D eigenvalue weighted by Gasteiger charge is 2.51. The molecule has 0 saturated carbocycles. The van der Waals surface area contributed by atoms with E-state index >= 15 is 0 Å². The van der Waals surface area contributed by atoms with Gasteiger partial charge in [0.15, 0.2) is 16.1 Å². The van der Waals surface area contributed by atoms with Gasteiger partial charge in [0.2, 0.25) is 0 Å². The molecule has 3 heteroatoms. The van der Waals surface area contributed by atoms with E-state index in [9.17, 15) is 0 Å². The number of hydrogen-bond acceptors (Lipinski definition) is 1. The van der Waals surface area contributed by atoms with Crippen molar-refractivity contribution < 1.29 is 0 Å². The predicted molar refractivity (Wildman–Crippen MR) is 168 cm³/mol. The van der Waals surface area contributed by atoms with E-state index < -0.39 is 16.1 Å². The molecule has 0 aliphatic carbocycles. The smallest absolute Gasteiger partial charge is 0.152 e. The third-order valence-electron chi connectivity index (χ3n) is 9.07. The van der Waals surface area contributed by atoms with Crippen LogP contribution in [0, 0.1) is 6.92 Å². The SMILES string of the molecule is Cc1cc2c3c(c1)[Si](c1ccccc1)(c1ccccc1)CCN3CC[Si]2(c1ccccc1)c1ccccc1. The second kappa shape index (κ2) is 9.26. The van der Waals surface area contributed by atoms with Crippen LogP contribution in [0.4, 0.5) is 5.69 Å². The van der Waals surface area contributed by atoms with Gasteiger partial charge in [0.05, 0.1) is 0 Å². The summed E-state index contributed by atoms with van der Waals surface area (Å²) in [5.74, 6) is 0. The van der Waals surface area contributed by atoms with Crippen molar-refractivity contribution in [3.05, 3.63) is 139 Å². The van der Waals surface area contributed by atoms with Crippen LogP contribution in [0.15, 0.2) is 133 Å². The summed E-state index contributed by atoms with van der Waals surface area (Å²) in [7, 11) is -4.45. The van der Waals surface area contributed by atoms with E-state index in [1.165, 1.54) is 38.4 Å². The van der Waals surface area contributed by atoms with Crippen molar-refractivity contribution in [3.63, 3.8) is 0 Å². The first kappa shape index (κ1) is 23.5. The van der Waals surface area contributed by atoms with E-state index in [1.54, 1.807) is 16.1 Å². The minimum absolute atomic E-state index is 1.13. The lowest BCUT2D eigenvalue weighted by Gasteiger charge is -2.51. The van der Waals surface area contributed by atoms with Gasteiger partial charge in [-0.25, -0.2) is 0 Å². The second-order valence-corrected chi connectivity index (χ2v) is 19.0. The molecule has 38 heavy (non-hydrogen) atoms. The highest BCUT2D eigenvalue weighted by Crippen LogP contribution is 2.33. The van der Waals surface area contributed by atoms with Gasteiger partial charge in [0.25, 0.3) is 0 Å². The number of rotatable bonds is 4. The van der Waals surface area contributed by atoms with E-state index in [0.717, 1.165) is 13.1 Å². The Morgan fingerprint density at radius 1 is 0.474 bits per heavy atom. The van der Waals surface area contributed by atoms with Gasteiger partial charge in [-0.15, -0.1) is 0 Å². The standard InChI is InChI=1S/C35H33NSi2/c1-28-26-33-35-34(27-28)38(31-18-10-4-11-19-31,32-20-12-5-13-21-32)25-23-36(35)22-24-37(33,29-14-6-2-7-15-29)30-16-8-3-9-17-30/h2-21,26-27H,22-25H2,1H3. The molecule has 0 radical (unpaired) electrons. The maximum atomic E-state index is 2.75. The Morgan fingerprint density at radius 3 is 1.11 bits per heavy atom. The maximum Gasteiger partial charge on any atom is 0.152 e. The van der Waals surface area contributed by atoms with Gasteiger partial charge in [0.1, 0.15) is 0 Å². The minimum atomic E-state index is -2.23. The summed E-state index contributed by atoms with van der Waals surface area (Å²) in [4.78, 5) is 2.75. The molecule has 1 nitrogen and oxygen atoms in total. The van der Waals surface area contributed by atoms with Crippen LogP contribution in [0.5, 0.6) is 0 Å². The predicted octanol–water partition coefficient (Wildman–Crippen LogP) is 3.77. The molecular formula is C35H33NSi2. The quantitative estimate of drug-likeness (QED) is 0.324. The first-order valence-electron chi connectivity index (χ1n) is 13.9. The van der Waals surface area contributed by atoms with Crippen LogP contribution in [0.25, 0.3) is 0 Å². The van der Waals surface area contributed by atoms with Gasteiger partial charge in [-0.05, 0) is 50.1 Å². The molecule has 0 unspecified atom stereocenters. The van der Waals surface area contributed by atoms with Gasteiger partial charge in [-0.2, -0.15) is 0 Å². The fourth-order valence-corrected chi connectivity index (χ4v) is 17.7. The van der Waals surface area contributed by atoms with E-state index in [4.69, 9.17) is 0 Å². The molecular weight excluding hydrogens is 491 g/mol. The summed E-state index contributed by atoms with van der Waals surface area (Å²) in [6.07, 6.45) is 0. The summed E-state index contributed by atoms with van der Waals surface area (Å²) in [5, 5.41) is 9.40. The van der Waals surface area contributed by atoms with Crippen molar-refractivity contribution in [1.29, 1.82) is 0 Å². The fraction of sp³-hybridized carbons (Fsp3) is 0.143. The van der Waals surface area contributed by atoms with E-state index in [-0.39, 0.29) is 0 Å². The zero-order valence-electron chi connectivity index (χ0n) is 22.0. The Morgan fingerprint density at radius 2 is 0.789 bits per heavy atom. The second-order valence-electron chi connectivity index (χ2n) is 11.0. The molecule has 186 valence electrons. The molecule has 0 atom stereocenters. The third-order valence-corrected chi connectivity index (χ3v) is 18.9. The van der Waals surface area contributed by atoms with E-state index in [0.29, 0.717) is 0 Å². The summed E-state index contributed by atoms with van der Waals surface area (Å²) in [5.41, 5.74) is 2.96. The number of benzene rings is 5. The molecule has 0 N–H and O–H groups in total. The molecule has 2 aliphatic heterocycles. The normalized spacial score (nSPS) is 17.0. The first-order valence-corrected chi connectivity index (χ1v) is 18.3. The maximum absolute atomic E-state index is 2.75. The molecule has 5 aromatic carbocycles. The Bertz CT molecular complexity index is 1370. The summed E-state index contributed by atoms with van der Waals surface area (Å²) in [6.45, 7) is 4.59. The van der Waals surface area contributed by atoms with Crippen molar-refractivity contribution >= 4 is 53.0 Å². The first-order chi connectivity index (χ1) is 18.7. The third kappa shape index (κ3) is 3.42.